The standard InChI is InChI=1S/C28H33N5O4S/c1-3-37-21-14-12-18(13-15-21)24(27(35)31-19-9-5-4-6-10-19)33(20-11-7-8-17(2)16-20)28(36)25-22(29)23(26(30)34)32-38-25/h7-8,11-16,19,24H,3-6,9-10,29H2,1-2H3,(H2,30,34)(H,31,35)/t24-/m0/s1. The first-order valence-corrected chi connectivity index (χ1v) is 13.6. The van der Waals surface area contributed by atoms with Crippen molar-refractivity contribution in [3.8, 4) is 5.75 Å². The molecule has 0 radical (unpaired) electrons. The van der Waals surface area contributed by atoms with Crippen LogP contribution in [0.2, 0.25) is 0 Å². The number of carbonyl (C=O) groups is 3. The summed E-state index contributed by atoms with van der Waals surface area (Å²) in [5.41, 5.74) is 13.3. The molecule has 2 aromatic carbocycles. The van der Waals surface area contributed by atoms with Crippen LogP contribution in [-0.2, 0) is 4.79 Å². The number of rotatable bonds is 9. The Morgan fingerprint density at radius 1 is 1.13 bits per heavy atom. The van der Waals surface area contributed by atoms with Gasteiger partial charge in [-0.15, -0.1) is 0 Å². The van der Waals surface area contributed by atoms with E-state index in [2.05, 4.69) is 9.69 Å². The van der Waals surface area contributed by atoms with Gasteiger partial charge in [0.05, 0.1) is 12.3 Å². The Morgan fingerprint density at radius 3 is 2.45 bits per heavy atom. The molecule has 1 heterocycles. The van der Waals surface area contributed by atoms with Crippen LogP contribution in [-0.4, -0.2) is 34.7 Å². The summed E-state index contributed by atoms with van der Waals surface area (Å²) in [5.74, 6) is -1.00. The van der Waals surface area contributed by atoms with Gasteiger partial charge in [-0.05, 0) is 73.6 Å². The molecule has 5 N–H and O–H groups in total. The highest BCUT2D eigenvalue weighted by Crippen LogP contribution is 2.34. The fraction of sp³-hybridized carbons (Fsp3) is 0.357. The van der Waals surface area contributed by atoms with Crippen LogP contribution in [0.15, 0.2) is 48.5 Å². The van der Waals surface area contributed by atoms with Crippen molar-refractivity contribution in [2.75, 3.05) is 17.2 Å². The number of aryl methyl sites for hydroxylation is 1. The van der Waals surface area contributed by atoms with E-state index in [1.54, 1.807) is 30.3 Å². The number of nitrogens with one attached hydrogen (secondary N) is 1. The van der Waals surface area contributed by atoms with Crippen LogP contribution in [0.1, 0.15) is 76.4 Å². The van der Waals surface area contributed by atoms with E-state index in [4.69, 9.17) is 16.2 Å². The number of anilines is 2. The van der Waals surface area contributed by atoms with Crippen molar-refractivity contribution in [1.82, 2.24) is 9.69 Å². The topological polar surface area (TPSA) is 141 Å². The number of primary amides is 1. The smallest absolute Gasteiger partial charge is 0.273 e. The molecule has 1 aliphatic carbocycles. The van der Waals surface area contributed by atoms with Gasteiger partial charge in [-0.25, -0.2) is 0 Å². The summed E-state index contributed by atoms with van der Waals surface area (Å²) >= 11 is 0.790. The molecule has 3 amide bonds. The van der Waals surface area contributed by atoms with Crippen molar-refractivity contribution >= 4 is 40.6 Å². The summed E-state index contributed by atoms with van der Waals surface area (Å²) in [5, 5.41) is 3.18. The monoisotopic (exact) mass is 535 g/mol. The van der Waals surface area contributed by atoms with Crippen molar-refractivity contribution in [2.24, 2.45) is 5.73 Å². The third-order valence-electron chi connectivity index (χ3n) is 6.62. The van der Waals surface area contributed by atoms with Crippen molar-refractivity contribution in [1.29, 1.82) is 0 Å². The van der Waals surface area contributed by atoms with E-state index in [0.717, 1.165) is 49.2 Å². The lowest BCUT2D eigenvalue weighted by Gasteiger charge is -2.33. The number of hydrogen-bond donors (Lipinski definition) is 3. The molecule has 10 heteroatoms. The number of nitrogen functional groups attached to an aromatic ring is 1. The van der Waals surface area contributed by atoms with Crippen molar-refractivity contribution in [3.63, 3.8) is 0 Å². The third kappa shape index (κ3) is 5.96. The van der Waals surface area contributed by atoms with Crippen LogP contribution in [0.3, 0.4) is 0 Å². The molecule has 9 nitrogen and oxygen atoms in total. The normalized spacial score (nSPS) is 14.5. The van der Waals surface area contributed by atoms with Gasteiger partial charge in [0.15, 0.2) is 5.69 Å². The van der Waals surface area contributed by atoms with Gasteiger partial charge in [0, 0.05) is 11.7 Å². The molecule has 0 unspecified atom stereocenters. The lowest BCUT2D eigenvalue weighted by molar-refractivity contribution is -0.123. The predicted octanol–water partition coefficient (Wildman–Crippen LogP) is 4.37. The number of amides is 3. The molecular formula is C28H33N5O4S. The van der Waals surface area contributed by atoms with Crippen LogP contribution in [0, 0.1) is 6.92 Å². The molecule has 1 aliphatic rings. The number of hydrogen-bond acceptors (Lipinski definition) is 7. The molecule has 38 heavy (non-hydrogen) atoms. The molecule has 0 aliphatic heterocycles. The average Bonchev–Trinajstić information content (AvgIpc) is 3.29. The summed E-state index contributed by atoms with van der Waals surface area (Å²) in [6, 6.07) is 13.5. The molecular weight excluding hydrogens is 502 g/mol. The maximum Gasteiger partial charge on any atom is 0.273 e. The number of aromatic nitrogens is 1. The van der Waals surface area contributed by atoms with E-state index in [1.165, 1.54) is 4.90 Å². The summed E-state index contributed by atoms with van der Waals surface area (Å²) in [7, 11) is 0. The summed E-state index contributed by atoms with van der Waals surface area (Å²) < 4.78 is 9.60. The SMILES string of the molecule is CCOc1ccc([C@@H](C(=O)NC2CCCCC2)N(C(=O)c2snc(C(N)=O)c2N)c2cccc(C)c2)cc1. The first-order valence-electron chi connectivity index (χ1n) is 12.8. The highest BCUT2D eigenvalue weighted by Gasteiger charge is 2.37. The lowest BCUT2D eigenvalue weighted by Crippen LogP contribution is -2.47. The van der Waals surface area contributed by atoms with Gasteiger partial charge in [-0.3, -0.25) is 19.3 Å². The summed E-state index contributed by atoms with van der Waals surface area (Å²) in [6.45, 7) is 4.31. The summed E-state index contributed by atoms with van der Waals surface area (Å²) in [6.07, 6.45) is 5.03. The van der Waals surface area contributed by atoms with Crippen molar-refractivity contribution in [3.05, 3.63) is 70.2 Å². The Morgan fingerprint density at radius 2 is 1.84 bits per heavy atom. The average molecular weight is 536 g/mol. The molecule has 3 aromatic rings. The molecule has 1 aromatic heterocycles. The van der Waals surface area contributed by atoms with E-state index in [-0.39, 0.29) is 28.2 Å². The maximum absolute atomic E-state index is 14.2. The number of nitrogens with two attached hydrogens (primary N) is 2. The highest BCUT2D eigenvalue weighted by molar-refractivity contribution is 7.09. The minimum Gasteiger partial charge on any atom is -0.494 e. The van der Waals surface area contributed by atoms with Gasteiger partial charge in [-0.1, -0.05) is 43.5 Å². The Kier molecular flexibility index (Phi) is 8.62. The van der Waals surface area contributed by atoms with Crippen LogP contribution >= 0.6 is 11.5 Å². The second kappa shape index (κ2) is 12.1. The van der Waals surface area contributed by atoms with E-state index < -0.39 is 17.9 Å². The molecule has 0 saturated heterocycles. The summed E-state index contributed by atoms with van der Waals surface area (Å²) in [4.78, 5) is 41.4. The van der Waals surface area contributed by atoms with Gasteiger partial charge in [-0.2, -0.15) is 4.37 Å². The zero-order valence-electron chi connectivity index (χ0n) is 21.6. The zero-order chi connectivity index (χ0) is 27.2. The number of benzene rings is 2. The molecule has 0 spiro atoms. The largest absolute Gasteiger partial charge is 0.494 e. The van der Waals surface area contributed by atoms with Gasteiger partial charge in [0.1, 0.15) is 16.7 Å². The Hall–Kier alpha value is -3.92. The van der Waals surface area contributed by atoms with Crippen LogP contribution in [0.25, 0.3) is 0 Å². The third-order valence-corrected chi connectivity index (χ3v) is 7.47. The Bertz CT molecular complexity index is 1300. The van der Waals surface area contributed by atoms with Gasteiger partial charge in [0.2, 0.25) is 5.91 Å². The molecule has 1 atom stereocenters. The van der Waals surface area contributed by atoms with Crippen molar-refractivity contribution < 1.29 is 19.1 Å². The molecule has 1 saturated carbocycles. The fourth-order valence-corrected chi connectivity index (χ4v) is 5.50. The maximum atomic E-state index is 14.2. The molecule has 200 valence electrons. The number of nitrogens with zero attached hydrogens (tertiary/aromatic N) is 2. The van der Waals surface area contributed by atoms with Crippen LogP contribution in [0.4, 0.5) is 11.4 Å². The quantitative estimate of drug-likeness (QED) is 0.372. The van der Waals surface area contributed by atoms with E-state index in [1.807, 2.05) is 32.0 Å². The number of carbonyl (C=O) groups excluding carboxylic acids is 3. The van der Waals surface area contributed by atoms with Gasteiger partial charge in [0.25, 0.3) is 11.8 Å². The number of ether oxygens (including phenoxy) is 1. The van der Waals surface area contributed by atoms with Crippen LogP contribution < -0.4 is 26.4 Å². The Labute approximate surface area is 226 Å². The van der Waals surface area contributed by atoms with Crippen LogP contribution in [0.5, 0.6) is 5.75 Å². The second-order valence-corrected chi connectivity index (χ2v) is 10.2. The van der Waals surface area contributed by atoms with E-state index in [9.17, 15) is 14.4 Å². The van der Waals surface area contributed by atoms with Gasteiger partial charge >= 0.3 is 0 Å². The highest BCUT2D eigenvalue weighted by atomic mass is 32.1. The first kappa shape index (κ1) is 27.1. The van der Waals surface area contributed by atoms with Gasteiger partial charge < -0.3 is 21.5 Å². The first-order chi connectivity index (χ1) is 18.3. The van der Waals surface area contributed by atoms with Crippen molar-refractivity contribution in [2.45, 2.75) is 58.0 Å². The predicted molar refractivity (Wildman–Crippen MR) is 148 cm³/mol. The molecule has 1 fully saturated rings. The van der Waals surface area contributed by atoms with E-state index >= 15 is 0 Å². The Balaban J connectivity index is 1.83. The second-order valence-electron chi connectivity index (χ2n) is 9.40. The zero-order valence-corrected chi connectivity index (χ0v) is 22.4. The minimum absolute atomic E-state index is 0.0332. The molecule has 0 bridgehead atoms. The fourth-order valence-electron chi connectivity index (χ4n) is 4.76. The minimum atomic E-state index is -1.01. The molecule has 4 rings (SSSR count). The van der Waals surface area contributed by atoms with E-state index in [0.29, 0.717) is 23.6 Å². The lowest BCUT2D eigenvalue weighted by atomic mass is 9.94.